The first-order valence-corrected chi connectivity index (χ1v) is 5.09. The molecule has 1 aliphatic carbocycles. The van der Waals surface area contributed by atoms with Crippen molar-refractivity contribution >= 4 is 15.9 Å². The Labute approximate surface area is 85.8 Å². The van der Waals surface area contributed by atoms with Crippen LogP contribution in [-0.4, -0.2) is 10.5 Å². The molecule has 0 aromatic heterocycles. The van der Waals surface area contributed by atoms with Crippen molar-refractivity contribution in [1.29, 1.82) is 0 Å². The van der Waals surface area contributed by atoms with Crippen molar-refractivity contribution in [2.75, 3.05) is 0 Å². The fourth-order valence-electron chi connectivity index (χ4n) is 1.56. The van der Waals surface area contributed by atoms with E-state index in [1.165, 1.54) is 0 Å². The van der Waals surface area contributed by atoms with Gasteiger partial charge in [-0.05, 0) is 6.42 Å². The number of nitrogens with zero attached hydrogens (tertiary/aromatic N) is 1. The third-order valence-electron chi connectivity index (χ3n) is 2.20. The second-order valence-corrected chi connectivity index (χ2v) is 4.16. The van der Waals surface area contributed by atoms with Crippen LogP contribution in [0.2, 0.25) is 0 Å². The summed E-state index contributed by atoms with van der Waals surface area (Å²) >= 11 is 3.27. The molecule has 0 fully saturated rings. The van der Waals surface area contributed by atoms with Gasteiger partial charge in [-0.2, -0.15) is 0 Å². The van der Waals surface area contributed by atoms with Gasteiger partial charge in [0.15, 0.2) is 0 Å². The topological polar surface area (TPSA) is 43.1 Å². The molecule has 0 bridgehead atoms. The minimum Gasteiger partial charge on any atom is -0.264 e. The molecule has 1 aliphatic rings. The van der Waals surface area contributed by atoms with E-state index < -0.39 is 5.54 Å². The highest BCUT2D eigenvalue weighted by Gasteiger charge is 2.39. The van der Waals surface area contributed by atoms with Crippen LogP contribution in [0.4, 0.5) is 0 Å². The van der Waals surface area contributed by atoms with Crippen molar-refractivity contribution in [2.45, 2.75) is 31.7 Å². The fourth-order valence-corrected chi connectivity index (χ4v) is 2.18. The van der Waals surface area contributed by atoms with Crippen LogP contribution in [0.5, 0.6) is 0 Å². The molecule has 1 atom stereocenters. The first-order valence-electron chi connectivity index (χ1n) is 4.30. The minimum absolute atomic E-state index is 0.179. The summed E-state index contributed by atoms with van der Waals surface area (Å²) < 4.78 is 0.809. The number of hydrogen-bond donors (Lipinski definition) is 0. The van der Waals surface area contributed by atoms with Gasteiger partial charge in [0.1, 0.15) is 0 Å². The molecule has 72 valence electrons. The number of halogens is 1. The van der Waals surface area contributed by atoms with Crippen molar-refractivity contribution in [1.82, 2.24) is 0 Å². The van der Waals surface area contributed by atoms with Crippen LogP contribution < -0.4 is 0 Å². The van der Waals surface area contributed by atoms with Crippen LogP contribution >= 0.6 is 15.9 Å². The Morgan fingerprint density at radius 3 is 2.92 bits per heavy atom. The number of hydrogen-bond acceptors (Lipinski definition) is 2. The maximum absolute atomic E-state index is 10.9. The SMILES string of the molecule is CCCC1([N+](=O)[O-])C=C(Br)C=CC1. The van der Waals surface area contributed by atoms with Gasteiger partial charge in [-0.25, -0.2) is 0 Å². The van der Waals surface area contributed by atoms with Crippen LogP contribution in [0.1, 0.15) is 26.2 Å². The lowest BCUT2D eigenvalue weighted by molar-refractivity contribution is -0.555. The lowest BCUT2D eigenvalue weighted by atomic mass is 9.87. The van der Waals surface area contributed by atoms with E-state index in [0.717, 1.165) is 10.9 Å². The fraction of sp³-hybridized carbons (Fsp3) is 0.556. The van der Waals surface area contributed by atoms with E-state index in [2.05, 4.69) is 15.9 Å². The van der Waals surface area contributed by atoms with Crippen molar-refractivity contribution in [2.24, 2.45) is 0 Å². The van der Waals surface area contributed by atoms with Gasteiger partial charge >= 0.3 is 0 Å². The largest absolute Gasteiger partial charge is 0.264 e. The van der Waals surface area contributed by atoms with Gasteiger partial charge in [0, 0.05) is 28.3 Å². The molecule has 1 rings (SSSR count). The van der Waals surface area contributed by atoms with E-state index in [1.54, 1.807) is 6.08 Å². The number of rotatable bonds is 3. The minimum atomic E-state index is -0.873. The summed E-state index contributed by atoms with van der Waals surface area (Å²) in [5.41, 5.74) is -0.873. The van der Waals surface area contributed by atoms with E-state index in [0.29, 0.717) is 12.8 Å². The zero-order valence-corrected chi connectivity index (χ0v) is 9.08. The molecule has 1 unspecified atom stereocenters. The standard InChI is InChI=1S/C9H12BrNO2/c1-2-5-9(11(12)13)6-3-4-8(10)7-9/h3-4,7H,2,5-6H2,1H3. The Hall–Kier alpha value is -0.640. The van der Waals surface area contributed by atoms with Crippen LogP contribution in [0.25, 0.3) is 0 Å². The maximum atomic E-state index is 10.9. The van der Waals surface area contributed by atoms with Crippen LogP contribution in [0, 0.1) is 10.1 Å². The zero-order chi connectivity index (χ0) is 9.90. The highest BCUT2D eigenvalue weighted by Crippen LogP contribution is 2.31. The monoisotopic (exact) mass is 245 g/mol. The van der Waals surface area contributed by atoms with E-state index in [-0.39, 0.29) is 4.92 Å². The molecule has 13 heavy (non-hydrogen) atoms. The summed E-state index contributed by atoms with van der Waals surface area (Å²) in [5, 5.41) is 10.9. The lowest BCUT2D eigenvalue weighted by Gasteiger charge is -2.22. The molecule has 0 radical (unpaired) electrons. The predicted molar refractivity (Wildman–Crippen MR) is 55.4 cm³/mol. The number of nitro groups is 1. The first-order chi connectivity index (χ1) is 6.10. The second kappa shape index (κ2) is 4.05. The van der Waals surface area contributed by atoms with E-state index in [1.807, 2.05) is 19.1 Å². The van der Waals surface area contributed by atoms with Gasteiger partial charge in [0.25, 0.3) is 0 Å². The van der Waals surface area contributed by atoms with Crippen LogP contribution in [0.3, 0.4) is 0 Å². The third kappa shape index (κ3) is 2.18. The summed E-state index contributed by atoms with van der Waals surface area (Å²) in [7, 11) is 0. The van der Waals surface area contributed by atoms with Gasteiger partial charge in [0.05, 0.1) is 0 Å². The number of allylic oxidation sites excluding steroid dienone is 2. The normalized spacial score (nSPS) is 27.1. The van der Waals surface area contributed by atoms with Gasteiger partial charge in [0.2, 0.25) is 5.54 Å². The molecule has 3 nitrogen and oxygen atoms in total. The molecule has 0 saturated carbocycles. The Morgan fingerprint density at radius 2 is 2.46 bits per heavy atom. The van der Waals surface area contributed by atoms with E-state index in [9.17, 15) is 10.1 Å². The van der Waals surface area contributed by atoms with Gasteiger partial charge in [-0.15, -0.1) is 0 Å². The Balaban J connectivity index is 2.92. The van der Waals surface area contributed by atoms with Gasteiger partial charge in [-0.1, -0.05) is 35.0 Å². The quantitative estimate of drug-likeness (QED) is 0.567. The van der Waals surface area contributed by atoms with Gasteiger partial charge in [-0.3, -0.25) is 10.1 Å². The molecule has 0 spiro atoms. The zero-order valence-electron chi connectivity index (χ0n) is 7.50. The third-order valence-corrected chi connectivity index (χ3v) is 2.69. The Bertz CT molecular complexity index is 273. The summed E-state index contributed by atoms with van der Waals surface area (Å²) in [6.45, 7) is 1.96. The molecule has 0 heterocycles. The molecule has 0 amide bonds. The first kappa shape index (κ1) is 10.4. The molecular formula is C9H12BrNO2. The molecule has 0 aromatic rings. The maximum Gasteiger partial charge on any atom is 0.245 e. The lowest BCUT2D eigenvalue weighted by Crippen LogP contribution is -2.36. The molecule has 0 N–H and O–H groups in total. The summed E-state index contributed by atoms with van der Waals surface area (Å²) in [4.78, 5) is 10.7. The average Bonchev–Trinajstić information content (AvgIpc) is 2.04. The molecule has 0 saturated heterocycles. The van der Waals surface area contributed by atoms with Crippen molar-refractivity contribution in [3.63, 3.8) is 0 Å². The molecule has 4 heteroatoms. The predicted octanol–water partition coefficient (Wildman–Crippen LogP) is 3.04. The summed E-state index contributed by atoms with van der Waals surface area (Å²) in [5.74, 6) is 0. The van der Waals surface area contributed by atoms with Crippen molar-refractivity contribution < 1.29 is 4.92 Å². The molecular weight excluding hydrogens is 234 g/mol. The van der Waals surface area contributed by atoms with Crippen LogP contribution in [-0.2, 0) is 0 Å². The second-order valence-electron chi connectivity index (χ2n) is 3.25. The highest BCUT2D eigenvalue weighted by molar-refractivity contribution is 9.11. The van der Waals surface area contributed by atoms with Crippen molar-refractivity contribution in [3.05, 3.63) is 32.8 Å². The Morgan fingerprint density at radius 1 is 1.77 bits per heavy atom. The smallest absolute Gasteiger partial charge is 0.245 e. The highest BCUT2D eigenvalue weighted by atomic mass is 79.9. The van der Waals surface area contributed by atoms with Crippen molar-refractivity contribution in [3.8, 4) is 0 Å². The molecule has 0 aromatic carbocycles. The summed E-state index contributed by atoms with van der Waals surface area (Å²) in [6, 6.07) is 0. The van der Waals surface area contributed by atoms with E-state index >= 15 is 0 Å². The Kier molecular flexibility index (Phi) is 3.25. The molecule has 0 aliphatic heterocycles. The van der Waals surface area contributed by atoms with Crippen LogP contribution in [0.15, 0.2) is 22.7 Å². The van der Waals surface area contributed by atoms with E-state index in [4.69, 9.17) is 0 Å². The average molecular weight is 246 g/mol. The van der Waals surface area contributed by atoms with Gasteiger partial charge < -0.3 is 0 Å². The summed E-state index contributed by atoms with van der Waals surface area (Å²) in [6.07, 6.45) is 7.34.